The molecule has 5 nitrogen and oxygen atoms in total. The van der Waals surface area contributed by atoms with Crippen molar-refractivity contribution in [2.24, 2.45) is 4.40 Å². The van der Waals surface area contributed by atoms with Crippen molar-refractivity contribution in [3.63, 3.8) is 0 Å². The van der Waals surface area contributed by atoms with Crippen LogP contribution >= 0.6 is 11.6 Å². The van der Waals surface area contributed by atoms with Crippen LogP contribution in [0, 0.1) is 0 Å². The standard InChI is InChI=1S/C12H13ClN2O3S/c1-3-10(16)15(4-2)12-11-8(13)6-5-7-9(11)19(17,18)14-12/h5-7H,3-4H2,1-2H3. The van der Waals surface area contributed by atoms with Crippen molar-refractivity contribution in [2.45, 2.75) is 25.2 Å². The van der Waals surface area contributed by atoms with Gasteiger partial charge in [0.1, 0.15) is 4.90 Å². The molecule has 2 rings (SSSR count). The molecule has 102 valence electrons. The van der Waals surface area contributed by atoms with Gasteiger partial charge in [0.2, 0.25) is 5.91 Å². The molecule has 0 saturated carbocycles. The van der Waals surface area contributed by atoms with Crippen LogP contribution in [0.15, 0.2) is 27.5 Å². The highest BCUT2D eigenvalue weighted by atomic mass is 35.5. The average molecular weight is 301 g/mol. The number of nitrogens with zero attached hydrogens (tertiary/aromatic N) is 2. The van der Waals surface area contributed by atoms with Crippen LogP contribution in [0.2, 0.25) is 5.02 Å². The lowest BCUT2D eigenvalue weighted by atomic mass is 10.2. The molecule has 0 radical (unpaired) electrons. The van der Waals surface area contributed by atoms with Gasteiger partial charge >= 0.3 is 0 Å². The summed E-state index contributed by atoms with van der Waals surface area (Å²) in [7, 11) is -3.76. The highest BCUT2D eigenvalue weighted by Crippen LogP contribution is 2.32. The number of sulfonamides is 1. The fourth-order valence-electron chi connectivity index (χ4n) is 1.96. The predicted octanol–water partition coefficient (Wildman–Crippen LogP) is 2.05. The molecule has 19 heavy (non-hydrogen) atoms. The Morgan fingerprint density at radius 1 is 1.37 bits per heavy atom. The third kappa shape index (κ3) is 2.26. The maximum absolute atomic E-state index is 12.0. The molecule has 0 aromatic heterocycles. The largest absolute Gasteiger partial charge is 0.296 e. The quantitative estimate of drug-likeness (QED) is 0.839. The van der Waals surface area contributed by atoms with Crippen molar-refractivity contribution in [3.05, 3.63) is 28.8 Å². The number of benzene rings is 1. The van der Waals surface area contributed by atoms with Gasteiger partial charge in [0.15, 0.2) is 5.84 Å². The molecule has 0 unspecified atom stereocenters. The summed E-state index contributed by atoms with van der Waals surface area (Å²) >= 11 is 6.06. The van der Waals surface area contributed by atoms with Crippen LogP contribution in [0.3, 0.4) is 0 Å². The lowest BCUT2D eigenvalue weighted by Gasteiger charge is -2.20. The topological polar surface area (TPSA) is 66.8 Å². The number of hydrogen-bond acceptors (Lipinski definition) is 3. The number of amidine groups is 1. The minimum atomic E-state index is -3.76. The van der Waals surface area contributed by atoms with Crippen LogP contribution in [-0.4, -0.2) is 31.6 Å². The van der Waals surface area contributed by atoms with Gasteiger partial charge in [-0.3, -0.25) is 9.69 Å². The lowest BCUT2D eigenvalue weighted by molar-refractivity contribution is -0.126. The van der Waals surface area contributed by atoms with E-state index >= 15 is 0 Å². The van der Waals surface area contributed by atoms with Crippen LogP contribution in [0.4, 0.5) is 0 Å². The minimum Gasteiger partial charge on any atom is -0.296 e. The highest BCUT2D eigenvalue weighted by Gasteiger charge is 2.34. The summed E-state index contributed by atoms with van der Waals surface area (Å²) in [6, 6.07) is 4.58. The number of carbonyl (C=O) groups is 1. The van der Waals surface area contributed by atoms with Crippen LogP contribution in [0.1, 0.15) is 25.8 Å². The summed E-state index contributed by atoms with van der Waals surface area (Å²) in [4.78, 5) is 13.3. The second-order valence-corrected chi connectivity index (χ2v) is 5.97. The van der Waals surface area contributed by atoms with Crippen LogP contribution in [0.25, 0.3) is 0 Å². The molecular weight excluding hydrogens is 288 g/mol. The molecule has 0 N–H and O–H groups in total. The minimum absolute atomic E-state index is 0.0531. The van der Waals surface area contributed by atoms with E-state index in [0.717, 1.165) is 0 Å². The van der Waals surface area contributed by atoms with Crippen molar-refractivity contribution in [2.75, 3.05) is 6.54 Å². The summed E-state index contributed by atoms with van der Waals surface area (Å²) in [5, 5.41) is 0.277. The summed E-state index contributed by atoms with van der Waals surface area (Å²) < 4.78 is 27.6. The Morgan fingerprint density at radius 3 is 2.63 bits per heavy atom. The summed E-state index contributed by atoms with van der Waals surface area (Å²) in [5.41, 5.74) is 0.313. The van der Waals surface area contributed by atoms with Crippen molar-refractivity contribution >= 4 is 33.4 Å². The average Bonchev–Trinajstić information content (AvgIpc) is 2.64. The molecule has 1 amide bonds. The van der Waals surface area contributed by atoms with Gasteiger partial charge in [0.25, 0.3) is 10.0 Å². The van der Waals surface area contributed by atoms with Gasteiger partial charge in [-0.15, -0.1) is 4.40 Å². The van der Waals surface area contributed by atoms with E-state index in [1.165, 1.54) is 11.0 Å². The van der Waals surface area contributed by atoms with E-state index in [9.17, 15) is 13.2 Å². The SMILES string of the molecule is CCC(=O)N(CC)C1=NS(=O)(=O)c2cccc(Cl)c21. The molecule has 0 fully saturated rings. The van der Waals surface area contributed by atoms with Gasteiger partial charge in [-0.05, 0) is 19.1 Å². The van der Waals surface area contributed by atoms with Crippen molar-refractivity contribution < 1.29 is 13.2 Å². The van der Waals surface area contributed by atoms with E-state index in [-0.39, 0.29) is 28.1 Å². The molecule has 0 aliphatic carbocycles. The first kappa shape index (κ1) is 14.0. The van der Waals surface area contributed by atoms with Gasteiger partial charge < -0.3 is 0 Å². The first-order valence-corrected chi connectivity index (χ1v) is 7.68. The van der Waals surface area contributed by atoms with Gasteiger partial charge in [0, 0.05) is 13.0 Å². The van der Waals surface area contributed by atoms with Crippen LogP contribution in [0.5, 0.6) is 0 Å². The van der Waals surface area contributed by atoms with E-state index in [1.54, 1.807) is 26.0 Å². The van der Waals surface area contributed by atoms with E-state index in [0.29, 0.717) is 12.1 Å². The Labute approximate surface area is 116 Å². The molecule has 0 bridgehead atoms. The van der Waals surface area contributed by atoms with Gasteiger partial charge in [0.05, 0.1) is 10.6 Å². The number of rotatable bonds is 2. The summed E-state index contributed by atoms with van der Waals surface area (Å²) in [6.07, 6.45) is 0.271. The number of fused-ring (bicyclic) bond motifs is 1. The third-order valence-corrected chi connectivity index (χ3v) is 4.48. The highest BCUT2D eigenvalue weighted by molar-refractivity contribution is 7.90. The second kappa shape index (κ2) is 4.94. The Morgan fingerprint density at radius 2 is 2.05 bits per heavy atom. The normalized spacial score (nSPS) is 15.8. The molecule has 1 aromatic rings. The van der Waals surface area contributed by atoms with E-state index in [4.69, 9.17) is 11.6 Å². The van der Waals surface area contributed by atoms with Crippen molar-refractivity contribution in [3.8, 4) is 0 Å². The van der Waals surface area contributed by atoms with Gasteiger partial charge in [-0.1, -0.05) is 24.6 Å². The monoisotopic (exact) mass is 300 g/mol. The van der Waals surface area contributed by atoms with Gasteiger partial charge in [-0.2, -0.15) is 8.42 Å². The van der Waals surface area contributed by atoms with E-state index < -0.39 is 10.0 Å². The zero-order valence-corrected chi connectivity index (χ0v) is 12.1. The fraction of sp³-hybridized carbons (Fsp3) is 0.333. The zero-order chi connectivity index (χ0) is 14.2. The van der Waals surface area contributed by atoms with Crippen LogP contribution in [-0.2, 0) is 14.8 Å². The number of hydrogen-bond donors (Lipinski definition) is 0. The predicted molar refractivity (Wildman–Crippen MR) is 72.9 cm³/mol. The van der Waals surface area contributed by atoms with Crippen LogP contribution < -0.4 is 0 Å². The second-order valence-electron chi connectivity index (χ2n) is 3.99. The molecular formula is C12H13ClN2O3S. The molecule has 7 heteroatoms. The van der Waals surface area contributed by atoms with Gasteiger partial charge in [-0.25, -0.2) is 0 Å². The first-order valence-electron chi connectivity index (χ1n) is 5.86. The van der Waals surface area contributed by atoms with E-state index in [2.05, 4.69) is 4.40 Å². The summed E-state index contributed by atoms with van der Waals surface area (Å²) in [6.45, 7) is 3.81. The smallest absolute Gasteiger partial charge is 0.285 e. The van der Waals surface area contributed by atoms with Crippen molar-refractivity contribution in [1.29, 1.82) is 0 Å². The number of amides is 1. The number of carbonyl (C=O) groups excluding carboxylic acids is 1. The molecule has 1 aliphatic rings. The molecule has 1 heterocycles. The Hall–Kier alpha value is -1.40. The van der Waals surface area contributed by atoms with E-state index in [1.807, 2.05) is 0 Å². The fourth-order valence-corrected chi connectivity index (χ4v) is 3.50. The molecule has 1 aromatic carbocycles. The Kier molecular flexibility index (Phi) is 3.64. The molecule has 0 spiro atoms. The zero-order valence-electron chi connectivity index (χ0n) is 10.6. The maximum atomic E-state index is 12.0. The third-order valence-electron chi connectivity index (χ3n) is 2.86. The first-order chi connectivity index (χ1) is 8.92. The molecule has 0 saturated heterocycles. The Balaban J connectivity index is 2.65. The lowest BCUT2D eigenvalue weighted by Crippen LogP contribution is -2.36. The Bertz CT molecular complexity index is 668. The number of halogens is 1. The molecule has 0 atom stereocenters. The molecule has 1 aliphatic heterocycles. The van der Waals surface area contributed by atoms with Crippen molar-refractivity contribution in [1.82, 2.24) is 4.90 Å². The maximum Gasteiger partial charge on any atom is 0.285 e. The summed E-state index contributed by atoms with van der Waals surface area (Å²) in [5.74, 6) is -0.0702.